The number of aliphatic carboxylic acids is 1. The molecule has 144 valence electrons. The van der Waals surface area contributed by atoms with Gasteiger partial charge in [0.1, 0.15) is 12.6 Å². The summed E-state index contributed by atoms with van der Waals surface area (Å²) in [4.78, 5) is 35.6. The number of hydrogen-bond donors (Lipinski definition) is 3. The summed E-state index contributed by atoms with van der Waals surface area (Å²) < 4.78 is 1.39. The number of rotatable bonds is 8. The second kappa shape index (κ2) is 9.35. The number of aromatic nitrogens is 2. The fourth-order valence-electron chi connectivity index (χ4n) is 3.17. The Kier molecular flexibility index (Phi) is 7.17. The van der Waals surface area contributed by atoms with Crippen LogP contribution in [-0.4, -0.2) is 44.8 Å². The molecule has 1 fully saturated rings. The first kappa shape index (κ1) is 19.9. The molecule has 3 N–H and O–H groups in total. The van der Waals surface area contributed by atoms with Crippen LogP contribution in [0.2, 0.25) is 0 Å². The zero-order valence-electron chi connectivity index (χ0n) is 15.4. The van der Waals surface area contributed by atoms with E-state index in [9.17, 15) is 19.5 Å². The van der Waals surface area contributed by atoms with Crippen LogP contribution in [0.4, 0.5) is 0 Å². The second-order valence-electron chi connectivity index (χ2n) is 7.32. The zero-order chi connectivity index (χ0) is 19.1. The minimum atomic E-state index is -1.06. The molecule has 0 saturated heterocycles. The Bertz CT molecular complexity index is 635. The lowest BCUT2D eigenvalue weighted by Crippen LogP contribution is -2.41. The normalized spacial score (nSPS) is 16.3. The first-order chi connectivity index (χ1) is 12.3. The highest BCUT2D eigenvalue weighted by Gasteiger charge is 2.22. The molecule has 1 aromatic heterocycles. The van der Waals surface area contributed by atoms with E-state index in [0.717, 1.165) is 25.7 Å². The maximum atomic E-state index is 12.2. The van der Waals surface area contributed by atoms with Crippen LogP contribution >= 0.6 is 0 Å². The summed E-state index contributed by atoms with van der Waals surface area (Å²) in [6.07, 6.45) is 8.66. The molecule has 1 saturated carbocycles. The van der Waals surface area contributed by atoms with Gasteiger partial charge in [0.05, 0.1) is 11.8 Å². The van der Waals surface area contributed by atoms with Crippen molar-refractivity contribution in [1.29, 1.82) is 0 Å². The average Bonchev–Trinajstić information content (AvgIpc) is 3.03. The van der Waals surface area contributed by atoms with Crippen molar-refractivity contribution < 1.29 is 19.5 Å². The van der Waals surface area contributed by atoms with Crippen LogP contribution in [0.1, 0.15) is 62.7 Å². The first-order valence-electron chi connectivity index (χ1n) is 9.20. The van der Waals surface area contributed by atoms with E-state index < -0.39 is 17.9 Å². The topological polar surface area (TPSA) is 113 Å². The molecule has 0 bridgehead atoms. The number of carboxylic acid groups (broad SMARTS) is 1. The Morgan fingerprint density at radius 1 is 1.27 bits per heavy atom. The van der Waals surface area contributed by atoms with Gasteiger partial charge in [-0.3, -0.25) is 14.3 Å². The van der Waals surface area contributed by atoms with E-state index in [1.807, 2.05) is 13.8 Å². The van der Waals surface area contributed by atoms with Crippen molar-refractivity contribution >= 4 is 17.8 Å². The summed E-state index contributed by atoms with van der Waals surface area (Å²) in [7, 11) is 0. The Hall–Kier alpha value is -2.38. The standard InChI is InChI=1S/C18H28N4O4/c1-12(2)8-15(18(25)26)21-17(24)13-9-19-22(10-13)11-16(23)20-14-6-4-3-5-7-14/h9-10,12,14-15H,3-8,11H2,1-2H3,(H,20,23)(H,21,24)(H,25,26)/t15-/m1/s1. The average molecular weight is 364 g/mol. The number of hydrogen-bond acceptors (Lipinski definition) is 4. The quantitative estimate of drug-likeness (QED) is 0.648. The van der Waals surface area contributed by atoms with E-state index in [0.29, 0.717) is 6.42 Å². The molecular formula is C18H28N4O4. The largest absolute Gasteiger partial charge is 0.480 e. The van der Waals surface area contributed by atoms with Crippen LogP contribution in [0, 0.1) is 5.92 Å². The third-order valence-electron chi connectivity index (χ3n) is 4.48. The van der Waals surface area contributed by atoms with Gasteiger partial charge in [-0.05, 0) is 25.2 Å². The third kappa shape index (κ3) is 6.16. The highest BCUT2D eigenvalue weighted by Crippen LogP contribution is 2.17. The van der Waals surface area contributed by atoms with Crippen molar-refractivity contribution in [2.75, 3.05) is 0 Å². The molecule has 0 radical (unpaired) electrons. The minimum Gasteiger partial charge on any atom is -0.480 e. The fraction of sp³-hybridized carbons (Fsp3) is 0.667. The third-order valence-corrected chi connectivity index (χ3v) is 4.48. The number of nitrogens with one attached hydrogen (secondary N) is 2. The van der Waals surface area contributed by atoms with E-state index >= 15 is 0 Å². The van der Waals surface area contributed by atoms with Crippen LogP contribution in [0.25, 0.3) is 0 Å². The van der Waals surface area contributed by atoms with Crippen molar-refractivity contribution in [3.8, 4) is 0 Å². The van der Waals surface area contributed by atoms with Gasteiger partial charge in [0.2, 0.25) is 5.91 Å². The van der Waals surface area contributed by atoms with E-state index in [1.54, 1.807) is 0 Å². The van der Waals surface area contributed by atoms with Gasteiger partial charge in [-0.25, -0.2) is 4.79 Å². The fourth-order valence-corrected chi connectivity index (χ4v) is 3.17. The lowest BCUT2D eigenvalue weighted by molar-refractivity contribution is -0.139. The molecule has 0 unspecified atom stereocenters. The molecule has 1 heterocycles. The zero-order valence-corrected chi connectivity index (χ0v) is 15.4. The molecule has 0 spiro atoms. The van der Waals surface area contributed by atoms with Gasteiger partial charge in [-0.2, -0.15) is 5.10 Å². The number of carboxylic acids is 1. The van der Waals surface area contributed by atoms with Gasteiger partial charge < -0.3 is 15.7 Å². The second-order valence-corrected chi connectivity index (χ2v) is 7.32. The monoisotopic (exact) mass is 364 g/mol. The SMILES string of the molecule is CC(C)C[C@@H](NC(=O)c1cnn(CC(=O)NC2CCCCC2)c1)C(=O)O. The molecule has 0 aromatic carbocycles. The molecule has 1 aliphatic rings. The van der Waals surface area contributed by atoms with E-state index in [-0.39, 0.29) is 30.0 Å². The minimum absolute atomic E-state index is 0.0398. The van der Waals surface area contributed by atoms with Crippen LogP contribution in [-0.2, 0) is 16.1 Å². The van der Waals surface area contributed by atoms with Gasteiger partial charge in [0.15, 0.2) is 0 Å². The molecule has 2 rings (SSSR count). The lowest BCUT2D eigenvalue weighted by Gasteiger charge is -2.22. The van der Waals surface area contributed by atoms with Gasteiger partial charge >= 0.3 is 5.97 Å². The Balaban J connectivity index is 1.88. The van der Waals surface area contributed by atoms with Crippen molar-refractivity contribution in [2.45, 2.75) is 71.0 Å². The van der Waals surface area contributed by atoms with E-state index in [1.165, 1.54) is 23.5 Å². The number of nitrogens with zero attached hydrogens (tertiary/aromatic N) is 2. The maximum absolute atomic E-state index is 12.2. The number of carbonyl (C=O) groups is 3. The smallest absolute Gasteiger partial charge is 0.326 e. The van der Waals surface area contributed by atoms with Gasteiger partial charge in [-0.15, -0.1) is 0 Å². The van der Waals surface area contributed by atoms with Crippen LogP contribution in [0.15, 0.2) is 12.4 Å². The molecule has 1 aliphatic carbocycles. The molecule has 2 amide bonds. The van der Waals surface area contributed by atoms with Crippen LogP contribution < -0.4 is 10.6 Å². The highest BCUT2D eigenvalue weighted by molar-refractivity contribution is 5.96. The molecule has 1 atom stereocenters. The number of carbonyl (C=O) groups excluding carboxylic acids is 2. The number of amides is 2. The van der Waals surface area contributed by atoms with Crippen molar-refractivity contribution in [2.24, 2.45) is 5.92 Å². The molecule has 8 nitrogen and oxygen atoms in total. The molecule has 1 aromatic rings. The predicted molar refractivity (Wildman–Crippen MR) is 95.6 cm³/mol. The van der Waals surface area contributed by atoms with Crippen molar-refractivity contribution in [3.63, 3.8) is 0 Å². The summed E-state index contributed by atoms with van der Waals surface area (Å²) in [5.74, 6) is -1.55. The predicted octanol–water partition coefficient (Wildman–Crippen LogP) is 1.56. The lowest BCUT2D eigenvalue weighted by atomic mass is 9.95. The molecular weight excluding hydrogens is 336 g/mol. The Morgan fingerprint density at radius 3 is 2.58 bits per heavy atom. The molecule has 26 heavy (non-hydrogen) atoms. The summed E-state index contributed by atoms with van der Waals surface area (Å²) in [6.45, 7) is 3.83. The van der Waals surface area contributed by atoms with Gasteiger partial charge in [0.25, 0.3) is 5.91 Å². The first-order valence-corrected chi connectivity index (χ1v) is 9.20. The maximum Gasteiger partial charge on any atom is 0.326 e. The Morgan fingerprint density at radius 2 is 1.96 bits per heavy atom. The summed E-state index contributed by atoms with van der Waals surface area (Å²) in [6, 6.07) is -0.720. The van der Waals surface area contributed by atoms with E-state index in [2.05, 4.69) is 15.7 Å². The van der Waals surface area contributed by atoms with Gasteiger partial charge in [0, 0.05) is 12.2 Å². The van der Waals surface area contributed by atoms with Crippen LogP contribution in [0.3, 0.4) is 0 Å². The van der Waals surface area contributed by atoms with Gasteiger partial charge in [-0.1, -0.05) is 33.1 Å². The Labute approximate surface area is 153 Å². The van der Waals surface area contributed by atoms with E-state index in [4.69, 9.17) is 0 Å². The molecule has 8 heteroatoms. The van der Waals surface area contributed by atoms with Crippen LogP contribution in [0.5, 0.6) is 0 Å². The summed E-state index contributed by atoms with van der Waals surface area (Å²) in [5.41, 5.74) is 0.241. The van der Waals surface area contributed by atoms with Crippen molar-refractivity contribution in [3.05, 3.63) is 18.0 Å². The van der Waals surface area contributed by atoms with Crippen molar-refractivity contribution in [1.82, 2.24) is 20.4 Å². The highest BCUT2D eigenvalue weighted by atomic mass is 16.4. The summed E-state index contributed by atoms with van der Waals surface area (Å²) >= 11 is 0. The summed E-state index contributed by atoms with van der Waals surface area (Å²) in [5, 5.41) is 18.7. The molecule has 0 aliphatic heterocycles.